The number of ether oxygens (including phenoxy) is 3. The lowest BCUT2D eigenvalue weighted by Gasteiger charge is -2.36. The van der Waals surface area contributed by atoms with Crippen LogP contribution in [0.5, 0.6) is 0 Å². The topological polar surface area (TPSA) is 65.0 Å². The first-order chi connectivity index (χ1) is 9.95. The summed E-state index contributed by atoms with van der Waals surface area (Å²) in [7, 11) is 0. The minimum absolute atomic E-state index is 0.0519. The fraction of sp³-hybridized carbons (Fsp3) is 0.933. The number of aliphatic hydroxyl groups is 1. The molecule has 0 aromatic carbocycles. The zero-order valence-electron chi connectivity index (χ0n) is 13.0. The molecular weight excluding hydrogens is 292 g/mol. The number of hydrogen-bond donors (Lipinski definition) is 1. The molecular formula is C15H26O5S. The van der Waals surface area contributed by atoms with Gasteiger partial charge in [0, 0.05) is 5.75 Å². The monoisotopic (exact) mass is 318 g/mol. The van der Waals surface area contributed by atoms with Crippen LogP contribution in [0.2, 0.25) is 0 Å². The third kappa shape index (κ3) is 5.04. The molecule has 2 aliphatic rings. The van der Waals surface area contributed by atoms with Crippen LogP contribution in [-0.4, -0.2) is 41.5 Å². The second kappa shape index (κ2) is 7.70. The van der Waals surface area contributed by atoms with E-state index in [1.165, 1.54) is 18.2 Å². The summed E-state index contributed by atoms with van der Waals surface area (Å²) >= 11 is 1.44. The number of carbonyl (C=O) groups is 1. The molecule has 5 atom stereocenters. The van der Waals surface area contributed by atoms with Crippen LogP contribution >= 0.6 is 11.8 Å². The van der Waals surface area contributed by atoms with Gasteiger partial charge in [0.25, 0.3) is 0 Å². The SMILES string of the molecule is CC1CC[C@@H](C(C)C)C(OC(=O)OC[C@@H]2OC(O)CS2)C1. The molecule has 122 valence electrons. The molecule has 1 aliphatic carbocycles. The maximum absolute atomic E-state index is 11.9. The summed E-state index contributed by atoms with van der Waals surface area (Å²) in [5.74, 6) is 2.01. The van der Waals surface area contributed by atoms with Gasteiger partial charge in [0.2, 0.25) is 0 Å². The van der Waals surface area contributed by atoms with Gasteiger partial charge < -0.3 is 19.3 Å². The average Bonchev–Trinajstić information content (AvgIpc) is 2.82. The first-order valence-electron chi connectivity index (χ1n) is 7.74. The first-order valence-corrected chi connectivity index (χ1v) is 8.79. The quantitative estimate of drug-likeness (QED) is 0.804. The molecule has 3 unspecified atom stereocenters. The number of thioether (sulfide) groups is 1. The van der Waals surface area contributed by atoms with Crippen LogP contribution in [0.15, 0.2) is 0 Å². The zero-order valence-corrected chi connectivity index (χ0v) is 13.8. The van der Waals surface area contributed by atoms with Crippen molar-refractivity contribution in [1.29, 1.82) is 0 Å². The van der Waals surface area contributed by atoms with E-state index in [1.807, 2.05) is 0 Å². The summed E-state index contributed by atoms with van der Waals surface area (Å²) in [6, 6.07) is 0. The van der Waals surface area contributed by atoms with E-state index in [2.05, 4.69) is 20.8 Å². The second-order valence-electron chi connectivity index (χ2n) is 6.40. The summed E-state index contributed by atoms with van der Waals surface area (Å²) in [6.45, 7) is 6.66. The minimum atomic E-state index is -0.760. The van der Waals surface area contributed by atoms with Crippen molar-refractivity contribution in [1.82, 2.24) is 0 Å². The van der Waals surface area contributed by atoms with Gasteiger partial charge in [0.05, 0.1) is 0 Å². The van der Waals surface area contributed by atoms with E-state index in [4.69, 9.17) is 14.2 Å². The van der Waals surface area contributed by atoms with E-state index in [9.17, 15) is 9.90 Å². The number of aliphatic hydroxyl groups excluding tert-OH is 1. The van der Waals surface area contributed by atoms with Crippen molar-refractivity contribution < 1.29 is 24.1 Å². The second-order valence-corrected chi connectivity index (χ2v) is 7.59. The number of hydrogen-bond acceptors (Lipinski definition) is 6. The lowest BCUT2D eigenvalue weighted by Crippen LogP contribution is -2.36. The molecule has 1 saturated carbocycles. The molecule has 6 heteroatoms. The summed E-state index contributed by atoms with van der Waals surface area (Å²) in [4.78, 5) is 11.9. The molecule has 0 radical (unpaired) electrons. The zero-order chi connectivity index (χ0) is 15.4. The van der Waals surface area contributed by atoms with Crippen LogP contribution < -0.4 is 0 Å². The van der Waals surface area contributed by atoms with E-state index in [1.54, 1.807) is 0 Å². The van der Waals surface area contributed by atoms with Crippen molar-refractivity contribution in [2.24, 2.45) is 17.8 Å². The van der Waals surface area contributed by atoms with Crippen molar-refractivity contribution in [3.8, 4) is 0 Å². The van der Waals surface area contributed by atoms with Crippen molar-refractivity contribution in [2.45, 2.75) is 57.9 Å². The Balaban J connectivity index is 1.77. The molecule has 5 nitrogen and oxygen atoms in total. The van der Waals surface area contributed by atoms with Crippen LogP contribution in [0.1, 0.15) is 40.0 Å². The predicted molar refractivity (Wildman–Crippen MR) is 80.9 cm³/mol. The highest BCUT2D eigenvalue weighted by atomic mass is 32.2. The molecule has 1 saturated heterocycles. The maximum atomic E-state index is 11.9. The predicted octanol–water partition coefficient (Wildman–Crippen LogP) is 3.01. The van der Waals surface area contributed by atoms with Gasteiger partial charge in [-0.1, -0.05) is 27.2 Å². The molecule has 0 aromatic rings. The summed E-state index contributed by atoms with van der Waals surface area (Å²) < 4.78 is 15.8. The Kier molecular flexibility index (Phi) is 6.20. The smallest absolute Gasteiger partial charge is 0.431 e. The van der Waals surface area contributed by atoms with Crippen molar-refractivity contribution >= 4 is 17.9 Å². The Morgan fingerprint density at radius 2 is 2.19 bits per heavy atom. The van der Waals surface area contributed by atoms with E-state index in [-0.39, 0.29) is 18.1 Å². The van der Waals surface area contributed by atoms with Gasteiger partial charge in [0.1, 0.15) is 18.1 Å². The van der Waals surface area contributed by atoms with Crippen molar-refractivity contribution in [3.05, 3.63) is 0 Å². The third-order valence-corrected chi connectivity index (χ3v) is 5.38. The molecule has 21 heavy (non-hydrogen) atoms. The van der Waals surface area contributed by atoms with Gasteiger partial charge >= 0.3 is 6.16 Å². The number of rotatable bonds is 4. The van der Waals surface area contributed by atoms with E-state index < -0.39 is 12.4 Å². The summed E-state index contributed by atoms with van der Waals surface area (Å²) in [6.07, 6.45) is 1.77. The lowest BCUT2D eigenvalue weighted by molar-refractivity contribution is -0.0983. The van der Waals surface area contributed by atoms with E-state index in [0.29, 0.717) is 23.5 Å². The highest BCUT2D eigenvalue weighted by molar-refractivity contribution is 8.00. The number of carbonyl (C=O) groups excluding carboxylic acids is 1. The van der Waals surface area contributed by atoms with Gasteiger partial charge in [-0.05, 0) is 30.6 Å². The lowest BCUT2D eigenvalue weighted by atomic mass is 9.75. The van der Waals surface area contributed by atoms with Gasteiger partial charge in [0.15, 0.2) is 6.29 Å². The first kappa shape index (κ1) is 16.9. The minimum Gasteiger partial charge on any atom is -0.431 e. The molecule has 1 aliphatic heterocycles. The molecule has 1 N–H and O–H groups in total. The third-order valence-electron chi connectivity index (χ3n) is 4.28. The average molecular weight is 318 g/mol. The summed E-state index contributed by atoms with van der Waals surface area (Å²) in [5, 5.41) is 9.24. The van der Waals surface area contributed by atoms with Crippen LogP contribution in [0.3, 0.4) is 0 Å². The highest BCUT2D eigenvalue weighted by Crippen LogP contribution is 2.35. The Bertz CT molecular complexity index is 349. The van der Waals surface area contributed by atoms with E-state index >= 15 is 0 Å². The van der Waals surface area contributed by atoms with Crippen LogP contribution in [0.4, 0.5) is 4.79 Å². The Labute approximate surface area is 130 Å². The van der Waals surface area contributed by atoms with Gasteiger partial charge in [-0.15, -0.1) is 11.8 Å². The van der Waals surface area contributed by atoms with Gasteiger partial charge in [-0.25, -0.2) is 4.79 Å². The normalized spacial score (nSPS) is 36.7. The molecule has 1 heterocycles. The van der Waals surface area contributed by atoms with Crippen LogP contribution in [-0.2, 0) is 14.2 Å². The van der Waals surface area contributed by atoms with Crippen molar-refractivity contribution in [2.75, 3.05) is 12.4 Å². The fourth-order valence-corrected chi connectivity index (χ4v) is 3.90. The molecule has 0 spiro atoms. The Morgan fingerprint density at radius 3 is 2.81 bits per heavy atom. The van der Waals surface area contributed by atoms with E-state index in [0.717, 1.165) is 12.8 Å². The van der Waals surface area contributed by atoms with Crippen molar-refractivity contribution in [3.63, 3.8) is 0 Å². The molecule has 0 bridgehead atoms. The highest BCUT2D eigenvalue weighted by Gasteiger charge is 2.34. The fourth-order valence-electron chi connectivity index (χ4n) is 3.07. The van der Waals surface area contributed by atoms with Crippen LogP contribution in [0.25, 0.3) is 0 Å². The molecule has 2 rings (SSSR count). The van der Waals surface area contributed by atoms with Gasteiger partial charge in [-0.2, -0.15) is 0 Å². The summed E-state index contributed by atoms with van der Waals surface area (Å²) in [5.41, 5.74) is -0.293. The standard InChI is InChI=1S/C15H26O5S/c1-9(2)11-5-4-10(3)6-12(11)19-15(17)18-7-14-20-13(16)8-21-14/h9-14,16H,4-8H2,1-3H3/t10?,11-,12?,13?,14+/m0/s1. The Morgan fingerprint density at radius 1 is 1.43 bits per heavy atom. The van der Waals surface area contributed by atoms with Crippen LogP contribution in [0, 0.1) is 17.8 Å². The maximum Gasteiger partial charge on any atom is 0.508 e. The Hall–Kier alpha value is -0.460. The molecule has 2 fully saturated rings. The molecule has 0 aromatic heterocycles. The largest absolute Gasteiger partial charge is 0.508 e. The molecule has 0 amide bonds. The van der Waals surface area contributed by atoms with Gasteiger partial charge in [-0.3, -0.25) is 0 Å².